The summed E-state index contributed by atoms with van der Waals surface area (Å²) >= 11 is 3.53. The summed E-state index contributed by atoms with van der Waals surface area (Å²) < 4.78 is 0. The smallest absolute Gasteiger partial charge is 0.223 e. The van der Waals surface area contributed by atoms with Gasteiger partial charge in [0.1, 0.15) is 0 Å². The molecule has 112 valence electrons. The third-order valence-corrected chi connectivity index (χ3v) is 5.83. The number of rotatable bonds is 7. The van der Waals surface area contributed by atoms with E-state index in [1.807, 2.05) is 22.9 Å². The van der Waals surface area contributed by atoms with E-state index in [1.54, 1.807) is 11.3 Å². The van der Waals surface area contributed by atoms with Crippen LogP contribution in [0.3, 0.4) is 0 Å². The van der Waals surface area contributed by atoms with Gasteiger partial charge in [-0.3, -0.25) is 4.79 Å². The molecule has 5 heteroatoms. The first-order chi connectivity index (χ1) is 10.2. The van der Waals surface area contributed by atoms with Gasteiger partial charge in [0.15, 0.2) is 0 Å². The monoisotopic (exact) mass is 320 g/mol. The summed E-state index contributed by atoms with van der Waals surface area (Å²) in [7, 11) is 0. The van der Waals surface area contributed by atoms with Crippen LogP contribution in [0.1, 0.15) is 39.9 Å². The van der Waals surface area contributed by atoms with Gasteiger partial charge in [-0.25, -0.2) is 4.98 Å². The van der Waals surface area contributed by atoms with Crippen molar-refractivity contribution in [2.45, 2.75) is 38.5 Å². The molecule has 0 aromatic carbocycles. The molecule has 0 unspecified atom stereocenters. The molecule has 1 aliphatic carbocycles. The number of amides is 1. The van der Waals surface area contributed by atoms with Crippen LogP contribution >= 0.6 is 22.7 Å². The van der Waals surface area contributed by atoms with Crippen LogP contribution in [0.5, 0.6) is 0 Å². The van der Waals surface area contributed by atoms with Crippen LogP contribution in [0.25, 0.3) is 0 Å². The third-order valence-electron chi connectivity index (χ3n) is 3.85. The van der Waals surface area contributed by atoms with Crippen LogP contribution in [0.15, 0.2) is 23.7 Å². The summed E-state index contributed by atoms with van der Waals surface area (Å²) in [5, 5.41) is 6.28. The van der Waals surface area contributed by atoms with Gasteiger partial charge in [0.25, 0.3) is 0 Å². The maximum absolute atomic E-state index is 12.1. The van der Waals surface area contributed by atoms with Crippen molar-refractivity contribution in [3.8, 4) is 0 Å². The number of carbonyl (C=O) groups is 1. The Morgan fingerprint density at radius 3 is 3.05 bits per heavy atom. The highest BCUT2D eigenvalue weighted by Crippen LogP contribution is 2.49. The first-order valence-corrected chi connectivity index (χ1v) is 9.16. The van der Waals surface area contributed by atoms with Gasteiger partial charge in [0.2, 0.25) is 5.91 Å². The number of aryl methyl sites for hydroxylation is 2. The minimum absolute atomic E-state index is 0.210. The average molecular weight is 320 g/mol. The first kappa shape index (κ1) is 14.7. The van der Waals surface area contributed by atoms with Gasteiger partial charge in [-0.2, -0.15) is 0 Å². The summed E-state index contributed by atoms with van der Waals surface area (Å²) in [4.78, 5) is 19.0. The maximum atomic E-state index is 12.1. The number of nitrogens with one attached hydrogen (secondary N) is 1. The van der Waals surface area contributed by atoms with Gasteiger partial charge < -0.3 is 5.32 Å². The number of carbonyl (C=O) groups excluding carboxylic acids is 1. The Morgan fingerprint density at radius 2 is 2.33 bits per heavy atom. The molecular weight excluding hydrogens is 300 g/mol. The van der Waals surface area contributed by atoms with E-state index < -0.39 is 0 Å². The minimum Gasteiger partial charge on any atom is -0.356 e. The molecule has 2 atom stereocenters. The fraction of sp³-hybridized carbons (Fsp3) is 0.500. The van der Waals surface area contributed by atoms with Crippen molar-refractivity contribution in [3.05, 3.63) is 38.5 Å². The van der Waals surface area contributed by atoms with Crippen molar-refractivity contribution in [2.24, 2.45) is 5.92 Å². The molecule has 0 aliphatic heterocycles. The van der Waals surface area contributed by atoms with Crippen LogP contribution in [0.2, 0.25) is 0 Å². The van der Waals surface area contributed by atoms with Crippen molar-refractivity contribution < 1.29 is 4.79 Å². The zero-order valence-electron chi connectivity index (χ0n) is 12.2. The number of hydrogen-bond donors (Lipinski definition) is 1. The highest BCUT2D eigenvalue weighted by molar-refractivity contribution is 7.12. The van der Waals surface area contributed by atoms with Crippen LogP contribution < -0.4 is 5.32 Å². The summed E-state index contributed by atoms with van der Waals surface area (Å²) in [6, 6.07) is 4.32. The Bertz CT molecular complexity index is 591. The number of unbranched alkanes of at least 4 members (excludes halogenated alkanes) is 1. The third kappa shape index (κ3) is 3.92. The summed E-state index contributed by atoms with van der Waals surface area (Å²) in [6.45, 7) is 2.91. The molecule has 3 rings (SSSR count). The largest absolute Gasteiger partial charge is 0.356 e. The zero-order valence-corrected chi connectivity index (χ0v) is 13.8. The molecule has 1 aliphatic rings. The molecule has 3 nitrogen and oxygen atoms in total. The lowest BCUT2D eigenvalue weighted by Crippen LogP contribution is -2.26. The summed E-state index contributed by atoms with van der Waals surface area (Å²) in [6.07, 6.45) is 6.01. The van der Waals surface area contributed by atoms with Crippen LogP contribution in [-0.4, -0.2) is 17.4 Å². The van der Waals surface area contributed by atoms with E-state index in [0.717, 1.165) is 32.2 Å². The summed E-state index contributed by atoms with van der Waals surface area (Å²) in [5.41, 5.74) is 0. The lowest BCUT2D eigenvalue weighted by atomic mass is 10.2. The molecule has 21 heavy (non-hydrogen) atoms. The SMILES string of the molecule is Cc1ccc([C@H]2C[C@@H]2C(=O)NCCCCc2nccs2)s1. The lowest BCUT2D eigenvalue weighted by molar-refractivity contribution is -0.122. The Balaban J connectivity index is 1.32. The molecule has 0 saturated heterocycles. The van der Waals surface area contributed by atoms with Crippen molar-refractivity contribution in [2.75, 3.05) is 6.54 Å². The van der Waals surface area contributed by atoms with Gasteiger partial charge in [-0.15, -0.1) is 22.7 Å². The van der Waals surface area contributed by atoms with Crippen LogP contribution in [-0.2, 0) is 11.2 Å². The molecule has 1 N–H and O–H groups in total. The number of thiazole rings is 1. The number of nitrogens with zero attached hydrogens (tertiary/aromatic N) is 1. The van der Waals surface area contributed by atoms with Crippen LogP contribution in [0, 0.1) is 12.8 Å². The van der Waals surface area contributed by atoms with E-state index in [-0.39, 0.29) is 11.8 Å². The van der Waals surface area contributed by atoms with E-state index >= 15 is 0 Å². The first-order valence-electron chi connectivity index (χ1n) is 7.46. The number of thiophene rings is 1. The van der Waals surface area contributed by atoms with Gasteiger partial charge in [0.05, 0.1) is 5.01 Å². The van der Waals surface area contributed by atoms with E-state index in [2.05, 4.69) is 29.4 Å². The second-order valence-corrected chi connectivity index (χ2v) is 7.87. The molecule has 2 heterocycles. The number of hydrogen-bond acceptors (Lipinski definition) is 4. The molecule has 1 amide bonds. The lowest BCUT2D eigenvalue weighted by Gasteiger charge is -2.04. The molecule has 1 saturated carbocycles. The molecule has 2 aromatic heterocycles. The second kappa shape index (κ2) is 6.71. The predicted octanol–water partition coefficient (Wildman–Crippen LogP) is 3.76. The Labute approximate surface area is 133 Å². The van der Waals surface area contributed by atoms with E-state index in [9.17, 15) is 4.79 Å². The van der Waals surface area contributed by atoms with Gasteiger partial charge in [-0.05, 0) is 44.7 Å². The molecule has 0 radical (unpaired) electrons. The minimum atomic E-state index is 0.210. The Morgan fingerprint density at radius 1 is 1.43 bits per heavy atom. The van der Waals surface area contributed by atoms with E-state index in [4.69, 9.17) is 0 Å². The number of aromatic nitrogens is 1. The fourth-order valence-corrected chi connectivity index (χ4v) is 4.29. The summed E-state index contributed by atoms with van der Waals surface area (Å²) in [5.74, 6) is 0.918. The van der Waals surface area contributed by atoms with Gasteiger partial charge >= 0.3 is 0 Å². The molecule has 0 bridgehead atoms. The van der Waals surface area contributed by atoms with Gasteiger partial charge in [0, 0.05) is 39.7 Å². The van der Waals surface area contributed by atoms with E-state index in [1.165, 1.54) is 14.8 Å². The highest BCUT2D eigenvalue weighted by atomic mass is 32.1. The molecule has 0 spiro atoms. The molecule has 2 aromatic rings. The van der Waals surface area contributed by atoms with Crippen LogP contribution in [0.4, 0.5) is 0 Å². The predicted molar refractivity (Wildman–Crippen MR) is 88.0 cm³/mol. The van der Waals surface area contributed by atoms with Crippen molar-refractivity contribution in [1.82, 2.24) is 10.3 Å². The Kier molecular flexibility index (Phi) is 4.70. The van der Waals surface area contributed by atoms with Gasteiger partial charge in [-0.1, -0.05) is 0 Å². The Hall–Kier alpha value is -1.20. The molecule has 1 fully saturated rings. The topological polar surface area (TPSA) is 42.0 Å². The normalized spacial score (nSPS) is 20.4. The highest BCUT2D eigenvalue weighted by Gasteiger charge is 2.44. The van der Waals surface area contributed by atoms with Crippen molar-refractivity contribution in [1.29, 1.82) is 0 Å². The maximum Gasteiger partial charge on any atom is 0.223 e. The molecular formula is C16H20N2OS2. The quantitative estimate of drug-likeness (QED) is 0.789. The van der Waals surface area contributed by atoms with E-state index in [0.29, 0.717) is 5.92 Å². The van der Waals surface area contributed by atoms with Crippen molar-refractivity contribution >= 4 is 28.6 Å². The second-order valence-electron chi connectivity index (χ2n) is 5.57. The average Bonchev–Trinajstić information content (AvgIpc) is 2.88. The fourth-order valence-electron chi connectivity index (χ4n) is 2.57. The van der Waals surface area contributed by atoms with Crippen molar-refractivity contribution in [3.63, 3.8) is 0 Å². The zero-order chi connectivity index (χ0) is 14.7. The standard InChI is InChI=1S/C16H20N2OS2/c1-11-5-6-14(21-11)12-10-13(12)16(19)18-7-3-2-4-15-17-8-9-20-15/h5-6,8-9,12-13H,2-4,7,10H2,1H3,(H,18,19)/t12-,13-/m0/s1.